The van der Waals surface area contributed by atoms with Crippen LogP contribution in [0.3, 0.4) is 0 Å². The monoisotopic (exact) mass is 317 g/mol. The number of rotatable bonds is 3. The van der Waals surface area contributed by atoms with E-state index in [9.17, 15) is 13.6 Å². The van der Waals surface area contributed by atoms with Crippen LogP contribution in [0.25, 0.3) is 0 Å². The zero-order valence-corrected chi connectivity index (χ0v) is 13.0. The number of hydrogen-bond acceptors (Lipinski definition) is 4. The standard InChI is InChI=1S/C14H21F2N3O3/c1-4-11(12-9(2)18-22-10(12)3)17-13(20)19-5-6-21-8-14(15,16)7-19/h11H,4-8H2,1-3H3,(H,17,20). The van der Waals surface area contributed by atoms with Crippen LogP contribution in [0, 0.1) is 13.8 Å². The fourth-order valence-electron chi connectivity index (χ4n) is 2.58. The van der Waals surface area contributed by atoms with Gasteiger partial charge in [-0.2, -0.15) is 0 Å². The lowest BCUT2D eigenvalue weighted by atomic mass is 10.0. The Labute approximate surface area is 127 Å². The lowest BCUT2D eigenvalue weighted by molar-refractivity contribution is -0.0652. The average molecular weight is 317 g/mol. The van der Waals surface area contributed by atoms with Gasteiger partial charge < -0.3 is 19.5 Å². The predicted molar refractivity (Wildman–Crippen MR) is 74.9 cm³/mol. The molecule has 1 aliphatic heterocycles. The summed E-state index contributed by atoms with van der Waals surface area (Å²) in [4.78, 5) is 13.4. The van der Waals surface area contributed by atoms with Gasteiger partial charge in [-0.25, -0.2) is 13.6 Å². The van der Waals surface area contributed by atoms with Crippen molar-refractivity contribution in [3.63, 3.8) is 0 Å². The maximum atomic E-state index is 13.5. The normalized spacial score (nSPS) is 19.6. The molecule has 1 fully saturated rings. The molecule has 1 unspecified atom stereocenters. The molecule has 22 heavy (non-hydrogen) atoms. The van der Waals surface area contributed by atoms with Gasteiger partial charge in [0.1, 0.15) is 12.4 Å². The van der Waals surface area contributed by atoms with Gasteiger partial charge in [-0.3, -0.25) is 0 Å². The lowest BCUT2D eigenvalue weighted by Gasteiger charge is -2.26. The van der Waals surface area contributed by atoms with Crippen molar-refractivity contribution in [3.8, 4) is 0 Å². The molecule has 2 heterocycles. The molecule has 1 aromatic heterocycles. The van der Waals surface area contributed by atoms with E-state index in [1.165, 1.54) is 0 Å². The number of nitrogens with one attached hydrogen (secondary N) is 1. The molecule has 0 aromatic carbocycles. The molecule has 1 saturated heterocycles. The Kier molecular flexibility index (Phi) is 5.00. The number of aryl methyl sites for hydroxylation is 2. The second-order valence-electron chi connectivity index (χ2n) is 5.48. The van der Waals surface area contributed by atoms with Crippen LogP contribution in [0.4, 0.5) is 13.6 Å². The summed E-state index contributed by atoms with van der Waals surface area (Å²) < 4.78 is 37.0. The van der Waals surface area contributed by atoms with Crippen molar-refractivity contribution in [2.75, 3.05) is 26.3 Å². The summed E-state index contributed by atoms with van der Waals surface area (Å²) in [5, 5.41) is 6.65. The van der Waals surface area contributed by atoms with E-state index in [2.05, 4.69) is 10.5 Å². The molecule has 2 amide bonds. The third-order valence-electron chi connectivity index (χ3n) is 3.67. The van der Waals surface area contributed by atoms with Crippen LogP contribution in [0.15, 0.2) is 4.52 Å². The van der Waals surface area contributed by atoms with Gasteiger partial charge in [0.2, 0.25) is 0 Å². The van der Waals surface area contributed by atoms with Crippen molar-refractivity contribution in [1.82, 2.24) is 15.4 Å². The molecule has 0 bridgehead atoms. The number of carbonyl (C=O) groups excluding carboxylic acids is 1. The summed E-state index contributed by atoms with van der Waals surface area (Å²) in [7, 11) is 0. The first kappa shape index (κ1) is 16.7. The summed E-state index contributed by atoms with van der Waals surface area (Å²) in [5.74, 6) is -2.41. The number of aromatic nitrogens is 1. The fraction of sp³-hybridized carbons (Fsp3) is 0.714. The van der Waals surface area contributed by atoms with Crippen molar-refractivity contribution in [1.29, 1.82) is 0 Å². The van der Waals surface area contributed by atoms with Gasteiger partial charge in [-0.15, -0.1) is 0 Å². The Morgan fingerprint density at radius 3 is 2.82 bits per heavy atom. The predicted octanol–water partition coefficient (Wildman–Crippen LogP) is 2.42. The van der Waals surface area contributed by atoms with Crippen LogP contribution >= 0.6 is 0 Å². The van der Waals surface area contributed by atoms with Crippen molar-refractivity contribution in [3.05, 3.63) is 17.0 Å². The Balaban J connectivity index is 2.09. The van der Waals surface area contributed by atoms with Crippen LogP contribution in [0.1, 0.15) is 36.4 Å². The van der Waals surface area contributed by atoms with Gasteiger partial charge >= 0.3 is 6.03 Å². The highest BCUT2D eigenvalue weighted by Crippen LogP contribution is 2.25. The van der Waals surface area contributed by atoms with Crippen molar-refractivity contribution in [2.45, 2.75) is 39.2 Å². The van der Waals surface area contributed by atoms with Crippen LogP contribution in [0.5, 0.6) is 0 Å². The van der Waals surface area contributed by atoms with E-state index in [-0.39, 0.29) is 19.2 Å². The van der Waals surface area contributed by atoms with E-state index in [1.807, 2.05) is 6.92 Å². The summed E-state index contributed by atoms with van der Waals surface area (Å²) in [6, 6.07) is -0.853. The van der Waals surface area contributed by atoms with Crippen molar-refractivity contribution < 1.29 is 22.8 Å². The third kappa shape index (κ3) is 3.73. The summed E-state index contributed by atoms with van der Waals surface area (Å²) in [6.07, 6.45) is 0.607. The van der Waals surface area contributed by atoms with Crippen LogP contribution in [-0.2, 0) is 4.74 Å². The SMILES string of the molecule is CCC(NC(=O)N1CCOCC(F)(F)C1)c1c(C)noc1C. The van der Waals surface area contributed by atoms with E-state index in [4.69, 9.17) is 9.26 Å². The number of alkyl halides is 2. The zero-order valence-electron chi connectivity index (χ0n) is 13.0. The minimum Gasteiger partial charge on any atom is -0.373 e. The maximum absolute atomic E-state index is 13.5. The molecule has 0 saturated carbocycles. The number of halogens is 2. The Morgan fingerprint density at radius 1 is 1.50 bits per heavy atom. The van der Waals surface area contributed by atoms with Gasteiger partial charge in [-0.1, -0.05) is 12.1 Å². The topological polar surface area (TPSA) is 67.6 Å². The average Bonchev–Trinajstić information content (AvgIpc) is 2.67. The minimum absolute atomic E-state index is 0.102. The molecule has 0 aliphatic carbocycles. The Morgan fingerprint density at radius 2 is 2.23 bits per heavy atom. The molecule has 2 rings (SSSR count). The fourth-order valence-corrected chi connectivity index (χ4v) is 2.58. The number of urea groups is 1. The van der Waals surface area contributed by atoms with Gasteiger partial charge in [0, 0.05) is 12.1 Å². The van der Waals surface area contributed by atoms with Gasteiger partial charge in [0.25, 0.3) is 5.92 Å². The second-order valence-corrected chi connectivity index (χ2v) is 5.48. The van der Waals surface area contributed by atoms with Crippen LogP contribution in [-0.4, -0.2) is 48.3 Å². The lowest BCUT2D eigenvalue weighted by Crippen LogP contribution is -2.47. The highest BCUT2D eigenvalue weighted by molar-refractivity contribution is 5.75. The third-order valence-corrected chi connectivity index (χ3v) is 3.67. The smallest absolute Gasteiger partial charge is 0.318 e. The number of nitrogens with zero attached hydrogens (tertiary/aromatic N) is 2. The van der Waals surface area contributed by atoms with E-state index < -0.39 is 25.1 Å². The van der Waals surface area contributed by atoms with E-state index in [0.717, 1.165) is 10.5 Å². The molecule has 0 spiro atoms. The molecule has 1 aromatic rings. The highest BCUT2D eigenvalue weighted by atomic mass is 19.3. The van der Waals surface area contributed by atoms with E-state index in [0.29, 0.717) is 17.9 Å². The molecular weight excluding hydrogens is 296 g/mol. The minimum atomic E-state index is -3.03. The van der Waals surface area contributed by atoms with Crippen molar-refractivity contribution >= 4 is 6.03 Å². The highest BCUT2D eigenvalue weighted by Gasteiger charge is 2.37. The van der Waals surface area contributed by atoms with Gasteiger partial charge in [0.15, 0.2) is 0 Å². The van der Waals surface area contributed by atoms with Gasteiger partial charge in [-0.05, 0) is 20.3 Å². The zero-order chi connectivity index (χ0) is 16.3. The second kappa shape index (κ2) is 6.60. The quantitative estimate of drug-likeness (QED) is 0.929. The van der Waals surface area contributed by atoms with E-state index in [1.54, 1.807) is 13.8 Å². The molecule has 0 radical (unpaired) electrons. The number of hydrogen-bond donors (Lipinski definition) is 1. The Bertz CT molecular complexity index is 514. The number of amides is 2. The largest absolute Gasteiger partial charge is 0.373 e. The molecule has 6 nitrogen and oxygen atoms in total. The van der Waals surface area contributed by atoms with Crippen LogP contribution < -0.4 is 5.32 Å². The molecule has 1 N–H and O–H groups in total. The number of carbonyl (C=O) groups is 1. The summed E-state index contributed by atoms with van der Waals surface area (Å²) in [5.41, 5.74) is 1.49. The summed E-state index contributed by atoms with van der Waals surface area (Å²) in [6.45, 7) is 4.39. The first-order valence-corrected chi connectivity index (χ1v) is 7.28. The van der Waals surface area contributed by atoms with E-state index >= 15 is 0 Å². The molecule has 124 valence electrons. The number of ether oxygens (including phenoxy) is 1. The molecule has 1 aliphatic rings. The molecular formula is C14H21F2N3O3. The summed E-state index contributed by atoms with van der Waals surface area (Å²) >= 11 is 0. The molecule has 1 atom stereocenters. The van der Waals surface area contributed by atoms with Gasteiger partial charge in [0.05, 0.1) is 24.9 Å². The van der Waals surface area contributed by atoms with Crippen molar-refractivity contribution in [2.24, 2.45) is 0 Å². The first-order valence-electron chi connectivity index (χ1n) is 7.28. The maximum Gasteiger partial charge on any atom is 0.318 e. The molecule has 8 heteroatoms. The Hall–Kier alpha value is -1.70. The van der Waals surface area contributed by atoms with Crippen LogP contribution in [0.2, 0.25) is 0 Å². The first-order chi connectivity index (χ1) is 10.3.